The predicted octanol–water partition coefficient (Wildman–Crippen LogP) is 2.07. The van der Waals surface area contributed by atoms with Gasteiger partial charge in [-0.3, -0.25) is 4.40 Å². The van der Waals surface area contributed by atoms with Crippen molar-refractivity contribution in [3.05, 3.63) is 29.8 Å². The highest BCUT2D eigenvalue weighted by Gasteiger charge is 2.21. The largest absolute Gasteiger partial charge is 0.494 e. The van der Waals surface area contributed by atoms with Gasteiger partial charge >= 0.3 is 5.97 Å². The third-order valence-electron chi connectivity index (χ3n) is 4.03. The van der Waals surface area contributed by atoms with E-state index < -0.39 is 5.97 Å². The number of fused-ring (bicyclic) bond motifs is 1. The van der Waals surface area contributed by atoms with Crippen LogP contribution in [0.25, 0.3) is 5.52 Å². The number of aromatic carboxylic acids is 1. The standard InChI is InChI=1S/C15H19N3O3/c1-21-11-7-4-8-18-12(9-16-10-5-2-3-6-10)17-13(14(11)18)15(19)20/h4,7-8,10,16H,2-3,5-6,9H2,1H3,(H,19,20). The maximum absolute atomic E-state index is 11.4. The molecule has 0 aromatic carbocycles. The van der Waals surface area contributed by atoms with Gasteiger partial charge in [-0.2, -0.15) is 0 Å². The van der Waals surface area contributed by atoms with E-state index in [2.05, 4.69) is 10.3 Å². The first-order valence-corrected chi connectivity index (χ1v) is 7.21. The Bertz CT molecular complexity index is 659. The summed E-state index contributed by atoms with van der Waals surface area (Å²) in [5.41, 5.74) is 0.548. The number of methoxy groups -OCH3 is 1. The Morgan fingerprint density at radius 1 is 1.52 bits per heavy atom. The average molecular weight is 289 g/mol. The molecule has 1 saturated carbocycles. The zero-order valence-electron chi connectivity index (χ0n) is 12.0. The van der Waals surface area contributed by atoms with Gasteiger partial charge in [0, 0.05) is 12.2 Å². The van der Waals surface area contributed by atoms with Gasteiger partial charge in [-0.05, 0) is 25.0 Å². The number of carboxylic acids is 1. The van der Waals surface area contributed by atoms with E-state index >= 15 is 0 Å². The smallest absolute Gasteiger partial charge is 0.356 e. The van der Waals surface area contributed by atoms with E-state index in [1.54, 1.807) is 10.5 Å². The van der Waals surface area contributed by atoms with Gasteiger partial charge < -0.3 is 15.2 Å². The maximum atomic E-state index is 11.4. The highest BCUT2D eigenvalue weighted by Crippen LogP contribution is 2.25. The van der Waals surface area contributed by atoms with Gasteiger partial charge in [-0.25, -0.2) is 9.78 Å². The van der Waals surface area contributed by atoms with E-state index in [-0.39, 0.29) is 5.69 Å². The lowest BCUT2D eigenvalue weighted by Gasteiger charge is -2.11. The van der Waals surface area contributed by atoms with Crippen LogP contribution in [0, 0.1) is 0 Å². The Morgan fingerprint density at radius 3 is 2.95 bits per heavy atom. The number of hydrogen-bond donors (Lipinski definition) is 2. The Labute approximate surface area is 122 Å². The van der Waals surface area contributed by atoms with Crippen LogP contribution in [-0.4, -0.2) is 33.6 Å². The number of carbonyl (C=O) groups is 1. The molecule has 0 bridgehead atoms. The second kappa shape index (κ2) is 5.73. The van der Waals surface area contributed by atoms with E-state index in [9.17, 15) is 9.90 Å². The Balaban J connectivity index is 1.96. The lowest BCUT2D eigenvalue weighted by atomic mass is 10.2. The van der Waals surface area contributed by atoms with Crippen LogP contribution >= 0.6 is 0 Å². The summed E-state index contributed by atoms with van der Waals surface area (Å²) >= 11 is 0. The summed E-state index contributed by atoms with van der Waals surface area (Å²) in [6, 6.07) is 4.09. The molecule has 0 atom stereocenters. The van der Waals surface area contributed by atoms with E-state index in [1.165, 1.54) is 32.8 Å². The molecule has 3 rings (SSSR count). The molecule has 0 saturated heterocycles. The summed E-state index contributed by atoms with van der Waals surface area (Å²) in [7, 11) is 1.53. The molecule has 2 heterocycles. The Hall–Kier alpha value is -2.08. The molecule has 21 heavy (non-hydrogen) atoms. The maximum Gasteiger partial charge on any atom is 0.356 e. The average Bonchev–Trinajstić information content (AvgIpc) is 3.12. The zero-order chi connectivity index (χ0) is 14.8. The number of hydrogen-bond acceptors (Lipinski definition) is 4. The van der Waals surface area contributed by atoms with Gasteiger partial charge in [0.1, 0.15) is 17.1 Å². The SMILES string of the molecule is COc1cccn2c(CNC3CCCC3)nc(C(=O)O)c12. The molecule has 1 fully saturated rings. The molecule has 112 valence electrons. The zero-order valence-corrected chi connectivity index (χ0v) is 12.0. The van der Waals surface area contributed by atoms with Crippen LogP contribution < -0.4 is 10.1 Å². The van der Waals surface area contributed by atoms with Crippen molar-refractivity contribution in [2.24, 2.45) is 0 Å². The first-order valence-electron chi connectivity index (χ1n) is 7.21. The Morgan fingerprint density at radius 2 is 2.29 bits per heavy atom. The second-order valence-electron chi connectivity index (χ2n) is 5.34. The van der Waals surface area contributed by atoms with Crippen molar-refractivity contribution < 1.29 is 14.6 Å². The molecule has 6 heteroatoms. The molecule has 0 radical (unpaired) electrons. The van der Waals surface area contributed by atoms with Gasteiger partial charge in [-0.15, -0.1) is 0 Å². The second-order valence-corrected chi connectivity index (χ2v) is 5.34. The van der Waals surface area contributed by atoms with Gasteiger partial charge in [-0.1, -0.05) is 12.8 Å². The normalized spacial score (nSPS) is 15.7. The number of rotatable bonds is 5. The highest BCUT2D eigenvalue weighted by molar-refractivity contribution is 5.95. The molecule has 6 nitrogen and oxygen atoms in total. The summed E-state index contributed by atoms with van der Waals surface area (Å²) in [5, 5.41) is 12.8. The van der Waals surface area contributed by atoms with Crippen molar-refractivity contribution in [2.75, 3.05) is 7.11 Å². The van der Waals surface area contributed by atoms with Crippen molar-refractivity contribution in [1.29, 1.82) is 0 Å². The van der Waals surface area contributed by atoms with E-state index in [1.807, 2.05) is 12.3 Å². The number of imidazole rings is 1. The Kier molecular flexibility index (Phi) is 3.79. The van der Waals surface area contributed by atoms with Crippen LogP contribution in [0.3, 0.4) is 0 Å². The predicted molar refractivity (Wildman–Crippen MR) is 77.8 cm³/mol. The summed E-state index contributed by atoms with van der Waals surface area (Å²) in [6.45, 7) is 0.562. The molecule has 1 aliphatic rings. The summed E-state index contributed by atoms with van der Waals surface area (Å²) in [6.07, 6.45) is 6.70. The van der Waals surface area contributed by atoms with Crippen molar-refractivity contribution in [3.63, 3.8) is 0 Å². The number of nitrogens with zero attached hydrogens (tertiary/aromatic N) is 2. The molecule has 0 aliphatic heterocycles. The minimum atomic E-state index is -1.04. The fraction of sp³-hybridized carbons (Fsp3) is 0.467. The fourth-order valence-electron chi connectivity index (χ4n) is 2.97. The molecule has 0 spiro atoms. The first kappa shape index (κ1) is 13.9. The molecular formula is C15H19N3O3. The number of pyridine rings is 1. The molecule has 0 amide bonds. The third kappa shape index (κ3) is 2.58. The van der Waals surface area contributed by atoms with Crippen LogP contribution in [0.4, 0.5) is 0 Å². The number of aromatic nitrogens is 2. The number of ether oxygens (including phenoxy) is 1. The lowest BCUT2D eigenvalue weighted by molar-refractivity contribution is 0.0693. The van der Waals surface area contributed by atoms with E-state index in [0.29, 0.717) is 29.7 Å². The molecule has 0 unspecified atom stereocenters. The molecule has 2 aromatic rings. The number of carboxylic acid groups (broad SMARTS) is 1. The van der Waals surface area contributed by atoms with Gasteiger partial charge in [0.15, 0.2) is 5.69 Å². The van der Waals surface area contributed by atoms with Crippen LogP contribution in [0.2, 0.25) is 0 Å². The van der Waals surface area contributed by atoms with Crippen LogP contribution in [0.5, 0.6) is 5.75 Å². The minimum Gasteiger partial charge on any atom is -0.494 e. The van der Waals surface area contributed by atoms with E-state index in [0.717, 1.165) is 0 Å². The lowest BCUT2D eigenvalue weighted by Crippen LogP contribution is -2.26. The van der Waals surface area contributed by atoms with Crippen molar-refractivity contribution in [2.45, 2.75) is 38.3 Å². The van der Waals surface area contributed by atoms with Gasteiger partial charge in [0.05, 0.1) is 13.7 Å². The first-order chi connectivity index (χ1) is 10.2. The van der Waals surface area contributed by atoms with Gasteiger partial charge in [0.2, 0.25) is 0 Å². The van der Waals surface area contributed by atoms with Crippen LogP contribution in [-0.2, 0) is 6.54 Å². The highest BCUT2D eigenvalue weighted by atomic mass is 16.5. The van der Waals surface area contributed by atoms with Crippen molar-refractivity contribution in [1.82, 2.24) is 14.7 Å². The summed E-state index contributed by atoms with van der Waals surface area (Å²) in [4.78, 5) is 15.7. The third-order valence-corrected chi connectivity index (χ3v) is 4.03. The van der Waals surface area contributed by atoms with Gasteiger partial charge in [0.25, 0.3) is 0 Å². The minimum absolute atomic E-state index is 0.0377. The van der Waals surface area contributed by atoms with Crippen molar-refractivity contribution >= 4 is 11.5 Å². The topological polar surface area (TPSA) is 75.9 Å². The summed E-state index contributed by atoms with van der Waals surface area (Å²) < 4.78 is 7.06. The van der Waals surface area contributed by atoms with Crippen molar-refractivity contribution in [3.8, 4) is 5.75 Å². The molecular weight excluding hydrogens is 270 g/mol. The molecule has 2 aromatic heterocycles. The number of nitrogens with one attached hydrogen (secondary N) is 1. The van der Waals surface area contributed by atoms with E-state index in [4.69, 9.17) is 4.74 Å². The molecule has 1 aliphatic carbocycles. The van der Waals surface area contributed by atoms with Crippen LogP contribution in [0.15, 0.2) is 18.3 Å². The monoisotopic (exact) mass is 289 g/mol. The fourth-order valence-corrected chi connectivity index (χ4v) is 2.97. The molecule has 2 N–H and O–H groups in total. The van der Waals surface area contributed by atoms with Crippen LogP contribution in [0.1, 0.15) is 42.0 Å². The summed E-state index contributed by atoms with van der Waals surface area (Å²) in [5.74, 6) is 0.187. The quantitative estimate of drug-likeness (QED) is 0.881.